The Kier molecular flexibility index (Phi) is 5.92. The first-order valence-corrected chi connectivity index (χ1v) is 7.76. The van der Waals surface area contributed by atoms with E-state index in [1.165, 1.54) is 23.7 Å². The number of halogens is 2. The van der Waals surface area contributed by atoms with Crippen molar-refractivity contribution in [2.24, 2.45) is 0 Å². The number of amides is 2. The Hall–Kier alpha value is -2.41. The predicted octanol–water partition coefficient (Wildman–Crippen LogP) is 1.90. The largest absolute Gasteiger partial charge is 0.355 e. The van der Waals surface area contributed by atoms with Crippen LogP contribution in [0.5, 0.6) is 0 Å². The van der Waals surface area contributed by atoms with Crippen LogP contribution in [0.15, 0.2) is 24.3 Å². The van der Waals surface area contributed by atoms with E-state index in [1.807, 2.05) is 0 Å². The zero-order valence-electron chi connectivity index (χ0n) is 13.4. The van der Waals surface area contributed by atoms with Crippen molar-refractivity contribution < 1.29 is 14.0 Å². The lowest BCUT2D eigenvalue weighted by Gasteiger charge is -2.06. The van der Waals surface area contributed by atoms with Crippen LogP contribution in [0.3, 0.4) is 0 Å². The van der Waals surface area contributed by atoms with Crippen molar-refractivity contribution in [2.75, 3.05) is 13.1 Å². The molecule has 2 amide bonds. The first kappa shape index (κ1) is 17.9. The predicted molar refractivity (Wildman–Crippen MR) is 88.5 cm³/mol. The number of hydrogen-bond acceptors (Lipinski definition) is 3. The molecule has 1 aromatic carbocycles. The monoisotopic (exact) mass is 352 g/mol. The Bertz CT molecular complexity index is 743. The molecule has 2 aromatic rings. The minimum absolute atomic E-state index is 0.162. The van der Waals surface area contributed by atoms with Gasteiger partial charge in [0.05, 0.1) is 17.8 Å². The van der Waals surface area contributed by atoms with Gasteiger partial charge in [0, 0.05) is 20.0 Å². The molecule has 2 rings (SSSR count). The van der Waals surface area contributed by atoms with Crippen molar-refractivity contribution in [3.05, 3.63) is 52.1 Å². The first-order valence-electron chi connectivity index (χ1n) is 7.38. The van der Waals surface area contributed by atoms with Gasteiger partial charge >= 0.3 is 0 Å². The minimum atomic E-state index is -0.354. The molecule has 0 fully saturated rings. The highest BCUT2D eigenvalue weighted by molar-refractivity contribution is 6.33. The number of benzene rings is 1. The molecule has 0 aliphatic heterocycles. The van der Waals surface area contributed by atoms with E-state index < -0.39 is 0 Å². The van der Waals surface area contributed by atoms with Gasteiger partial charge in [-0.1, -0.05) is 23.7 Å². The molecule has 0 atom stereocenters. The minimum Gasteiger partial charge on any atom is -0.355 e. The third-order valence-electron chi connectivity index (χ3n) is 3.32. The van der Waals surface area contributed by atoms with Crippen LogP contribution in [-0.4, -0.2) is 34.7 Å². The zero-order chi connectivity index (χ0) is 17.7. The van der Waals surface area contributed by atoms with Gasteiger partial charge in [0.15, 0.2) is 0 Å². The Labute approximate surface area is 144 Å². The molecular formula is C16H18ClFN4O2. The van der Waals surface area contributed by atoms with Gasteiger partial charge in [-0.05, 0) is 24.6 Å². The number of rotatable bonds is 6. The standard InChI is InChI=1S/C16H18ClFN4O2/c1-10-14(16(24)20-8-7-19-11(2)23)15(17)22(21-10)9-12-3-5-13(18)6-4-12/h3-6H,7-9H2,1-2H3,(H,19,23)(H,20,24). The van der Waals surface area contributed by atoms with Crippen LogP contribution < -0.4 is 10.6 Å². The molecule has 0 aliphatic rings. The summed E-state index contributed by atoms with van der Waals surface area (Å²) in [4.78, 5) is 23.0. The van der Waals surface area contributed by atoms with Crippen molar-refractivity contribution in [3.8, 4) is 0 Å². The summed E-state index contributed by atoms with van der Waals surface area (Å²) >= 11 is 6.26. The van der Waals surface area contributed by atoms with Gasteiger partial charge in [-0.3, -0.25) is 9.59 Å². The quantitative estimate of drug-likeness (QED) is 0.780. The fraction of sp³-hybridized carbons (Fsp3) is 0.312. The Balaban J connectivity index is 2.06. The Morgan fingerprint density at radius 1 is 1.21 bits per heavy atom. The van der Waals surface area contributed by atoms with Crippen LogP contribution in [0.1, 0.15) is 28.5 Å². The summed E-state index contributed by atoms with van der Waals surface area (Å²) in [5.74, 6) is -0.834. The average molecular weight is 353 g/mol. The van der Waals surface area contributed by atoms with Gasteiger partial charge in [-0.15, -0.1) is 0 Å². The molecule has 8 heteroatoms. The zero-order valence-corrected chi connectivity index (χ0v) is 14.2. The van der Waals surface area contributed by atoms with Crippen LogP contribution in [0.25, 0.3) is 0 Å². The maximum absolute atomic E-state index is 12.9. The number of carbonyl (C=O) groups is 2. The topological polar surface area (TPSA) is 76.0 Å². The van der Waals surface area contributed by atoms with Gasteiger partial charge < -0.3 is 10.6 Å². The summed E-state index contributed by atoms with van der Waals surface area (Å²) in [6.45, 7) is 4.05. The van der Waals surface area contributed by atoms with Crippen molar-refractivity contribution in [2.45, 2.75) is 20.4 Å². The van der Waals surface area contributed by atoms with Crippen molar-refractivity contribution >= 4 is 23.4 Å². The fourth-order valence-corrected chi connectivity index (χ4v) is 2.50. The van der Waals surface area contributed by atoms with Crippen molar-refractivity contribution in [1.82, 2.24) is 20.4 Å². The van der Waals surface area contributed by atoms with Gasteiger partial charge in [0.25, 0.3) is 5.91 Å². The van der Waals surface area contributed by atoms with E-state index in [1.54, 1.807) is 19.1 Å². The Morgan fingerprint density at radius 3 is 2.46 bits per heavy atom. The number of nitrogens with one attached hydrogen (secondary N) is 2. The molecule has 0 radical (unpaired) electrons. The molecule has 24 heavy (non-hydrogen) atoms. The van der Waals surface area contributed by atoms with E-state index in [0.29, 0.717) is 24.3 Å². The number of carbonyl (C=O) groups excluding carboxylic acids is 2. The number of aryl methyl sites for hydroxylation is 1. The van der Waals surface area contributed by atoms with E-state index in [-0.39, 0.29) is 29.3 Å². The van der Waals surface area contributed by atoms with Gasteiger partial charge in [0.2, 0.25) is 5.91 Å². The molecule has 0 spiro atoms. The second-order valence-electron chi connectivity index (χ2n) is 5.27. The molecular weight excluding hydrogens is 335 g/mol. The lowest BCUT2D eigenvalue weighted by Crippen LogP contribution is -2.33. The molecule has 1 aromatic heterocycles. The summed E-state index contributed by atoms with van der Waals surface area (Å²) in [5.41, 5.74) is 1.61. The number of nitrogens with zero attached hydrogens (tertiary/aromatic N) is 2. The van der Waals surface area contributed by atoms with Crippen LogP contribution in [0.4, 0.5) is 4.39 Å². The maximum Gasteiger partial charge on any atom is 0.256 e. The highest BCUT2D eigenvalue weighted by Gasteiger charge is 2.20. The highest BCUT2D eigenvalue weighted by atomic mass is 35.5. The normalized spacial score (nSPS) is 10.5. The van der Waals surface area contributed by atoms with Gasteiger partial charge in [-0.2, -0.15) is 5.10 Å². The summed E-state index contributed by atoms with van der Waals surface area (Å²) in [6.07, 6.45) is 0. The van der Waals surface area contributed by atoms with Crippen LogP contribution >= 0.6 is 11.6 Å². The summed E-state index contributed by atoms with van der Waals surface area (Å²) in [7, 11) is 0. The van der Waals surface area contributed by atoms with E-state index in [2.05, 4.69) is 15.7 Å². The Morgan fingerprint density at radius 2 is 1.83 bits per heavy atom. The first-order chi connectivity index (χ1) is 11.4. The van der Waals surface area contributed by atoms with Crippen molar-refractivity contribution in [1.29, 1.82) is 0 Å². The lowest BCUT2D eigenvalue weighted by molar-refractivity contribution is -0.118. The smallest absolute Gasteiger partial charge is 0.256 e. The molecule has 1 heterocycles. The molecule has 128 valence electrons. The third-order valence-corrected chi connectivity index (χ3v) is 3.71. The maximum atomic E-state index is 12.9. The second-order valence-corrected chi connectivity index (χ2v) is 5.63. The molecule has 6 nitrogen and oxygen atoms in total. The molecule has 0 bridgehead atoms. The lowest BCUT2D eigenvalue weighted by atomic mass is 10.2. The summed E-state index contributed by atoms with van der Waals surface area (Å²) < 4.78 is 14.4. The molecule has 0 saturated heterocycles. The van der Waals surface area contributed by atoms with Crippen LogP contribution in [-0.2, 0) is 11.3 Å². The second kappa shape index (κ2) is 7.92. The SMILES string of the molecule is CC(=O)NCCNC(=O)c1c(C)nn(Cc2ccc(F)cc2)c1Cl. The van der Waals surface area contributed by atoms with E-state index in [0.717, 1.165) is 5.56 Å². The molecule has 2 N–H and O–H groups in total. The van der Waals surface area contributed by atoms with Gasteiger partial charge in [0.1, 0.15) is 11.0 Å². The van der Waals surface area contributed by atoms with Crippen LogP contribution in [0, 0.1) is 12.7 Å². The number of aromatic nitrogens is 2. The number of hydrogen-bond donors (Lipinski definition) is 2. The fourth-order valence-electron chi connectivity index (χ4n) is 2.18. The van der Waals surface area contributed by atoms with E-state index >= 15 is 0 Å². The molecule has 0 saturated carbocycles. The molecule has 0 aliphatic carbocycles. The van der Waals surface area contributed by atoms with E-state index in [4.69, 9.17) is 11.6 Å². The van der Waals surface area contributed by atoms with E-state index in [9.17, 15) is 14.0 Å². The third kappa shape index (κ3) is 4.55. The summed E-state index contributed by atoms with van der Waals surface area (Å²) in [5, 5.41) is 9.75. The average Bonchev–Trinajstić information content (AvgIpc) is 2.80. The van der Waals surface area contributed by atoms with Crippen molar-refractivity contribution in [3.63, 3.8) is 0 Å². The summed E-state index contributed by atoms with van der Waals surface area (Å²) in [6, 6.07) is 5.98. The van der Waals surface area contributed by atoms with Gasteiger partial charge in [-0.25, -0.2) is 9.07 Å². The van der Waals surface area contributed by atoms with Crippen LogP contribution in [0.2, 0.25) is 5.15 Å². The highest BCUT2D eigenvalue weighted by Crippen LogP contribution is 2.21. The molecule has 0 unspecified atom stereocenters.